The lowest BCUT2D eigenvalue weighted by Gasteiger charge is -2.35. The number of nitrogens with zero attached hydrogens (tertiary/aromatic N) is 3. The topological polar surface area (TPSA) is 55.3 Å². The lowest BCUT2D eigenvalue weighted by Crippen LogP contribution is -2.48. The molecule has 1 amide bonds. The molecule has 0 saturated carbocycles. The number of benzene rings is 1. The van der Waals surface area contributed by atoms with Gasteiger partial charge in [0.2, 0.25) is 5.91 Å². The number of carbonyl (C=O) groups excluding carboxylic acids is 1. The second kappa shape index (κ2) is 7.96. The third kappa shape index (κ3) is 4.15. The number of rotatable bonds is 4. The van der Waals surface area contributed by atoms with Gasteiger partial charge in [-0.25, -0.2) is 9.97 Å². The van der Waals surface area contributed by atoms with Crippen LogP contribution >= 0.6 is 23.1 Å². The molecule has 1 fully saturated rings. The molecule has 0 N–H and O–H groups in total. The summed E-state index contributed by atoms with van der Waals surface area (Å²) in [6.45, 7) is 5.32. The zero-order chi connectivity index (χ0) is 18.8. The highest BCUT2D eigenvalue weighted by Gasteiger charge is 2.26. The molecule has 0 unspecified atom stereocenters. The predicted octanol–water partition coefficient (Wildman–Crippen LogP) is 4.09. The second-order valence-electron chi connectivity index (χ2n) is 6.72. The van der Waals surface area contributed by atoms with Crippen LogP contribution in [-0.2, 0) is 9.53 Å². The first-order valence-electron chi connectivity index (χ1n) is 8.96. The largest absolute Gasteiger partial charge is 0.372 e. The molecule has 0 bridgehead atoms. The average molecular weight is 400 g/mol. The van der Waals surface area contributed by atoms with Crippen LogP contribution in [0.25, 0.3) is 20.7 Å². The van der Waals surface area contributed by atoms with Crippen LogP contribution in [0.4, 0.5) is 0 Å². The predicted molar refractivity (Wildman–Crippen MR) is 110 cm³/mol. The Balaban J connectivity index is 1.50. The first kappa shape index (κ1) is 18.4. The van der Waals surface area contributed by atoms with Crippen LogP contribution in [0.5, 0.6) is 0 Å². The van der Waals surface area contributed by atoms with E-state index >= 15 is 0 Å². The van der Waals surface area contributed by atoms with Crippen molar-refractivity contribution in [3.63, 3.8) is 0 Å². The maximum absolute atomic E-state index is 12.6. The van der Waals surface area contributed by atoms with Crippen LogP contribution in [0, 0.1) is 0 Å². The standard InChI is InChI=1S/C20H21N3O2S2/c1-13-9-23(10-14(2)25-13)18(24)11-26-19-16-8-17(15-6-4-3-5-7-15)27-20(16)22-12-21-19/h3-8,12-14H,9-11H2,1-2H3/t13-,14+. The Hall–Kier alpha value is -1.96. The maximum Gasteiger partial charge on any atom is 0.233 e. The molecular formula is C20H21N3O2S2. The summed E-state index contributed by atoms with van der Waals surface area (Å²) in [4.78, 5) is 25.5. The summed E-state index contributed by atoms with van der Waals surface area (Å²) in [5, 5.41) is 1.88. The van der Waals surface area contributed by atoms with E-state index < -0.39 is 0 Å². The molecule has 1 aliphatic rings. The van der Waals surface area contributed by atoms with Gasteiger partial charge in [0.25, 0.3) is 0 Å². The highest BCUT2D eigenvalue weighted by atomic mass is 32.2. The highest BCUT2D eigenvalue weighted by Crippen LogP contribution is 2.36. The Morgan fingerprint density at radius 2 is 1.96 bits per heavy atom. The van der Waals surface area contributed by atoms with Crippen molar-refractivity contribution in [2.45, 2.75) is 31.1 Å². The SMILES string of the molecule is C[C@@H]1CN(C(=O)CSc2ncnc3sc(-c4ccccc4)cc23)C[C@H](C)O1. The van der Waals surface area contributed by atoms with Gasteiger partial charge in [-0.2, -0.15) is 0 Å². The summed E-state index contributed by atoms with van der Waals surface area (Å²) >= 11 is 3.14. The summed E-state index contributed by atoms with van der Waals surface area (Å²) in [7, 11) is 0. The number of amides is 1. The monoisotopic (exact) mass is 399 g/mol. The quantitative estimate of drug-likeness (QED) is 0.489. The molecule has 27 heavy (non-hydrogen) atoms. The van der Waals surface area contributed by atoms with Crippen LogP contribution in [-0.4, -0.2) is 51.8 Å². The molecular weight excluding hydrogens is 378 g/mol. The fraction of sp³-hybridized carbons (Fsp3) is 0.350. The van der Waals surface area contributed by atoms with Crippen molar-refractivity contribution in [3.8, 4) is 10.4 Å². The van der Waals surface area contributed by atoms with E-state index in [4.69, 9.17) is 4.74 Å². The number of thiophene rings is 1. The second-order valence-corrected chi connectivity index (χ2v) is 8.71. The van der Waals surface area contributed by atoms with Crippen LogP contribution in [0.15, 0.2) is 47.8 Å². The molecule has 0 spiro atoms. The molecule has 4 rings (SSSR count). The summed E-state index contributed by atoms with van der Waals surface area (Å²) < 4.78 is 5.71. The van der Waals surface area contributed by atoms with Gasteiger partial charge < -0.3 is 9.64 Å². The number of ether oxygens (including phenoxy) is 1. The molecule has 3 aromatic rings. The minimum atomic E-state index is 0.0822. The Morgan fingerprint density at radius 1 is 1.22 bits per heavy atom. The van der Waals surface area contributed by atoms with Gasteiger partial charge in [0.05, 0.1) is 18.0 Å². The third-order valence-electron chi connectivity index (χ3n) is 4.46. The smallest absolute Gasteiger partial charge is 0.233 e. The van der Waals surface area contributed by atoms with E-state index in [1.807, 2.05) is 36.9 Å². The van der Waals surface area contributed by atoms with Gasteiger partial charge in [-0.1, -0.05) is 42.1 Å². The maximum atomic E-state index is 12.6. The van der Waals surface area contributed by atoms with Gasteiger partial charge >= 0.3 is 0 Å². The van der Waals surface area contributed by atoms with Crippen LogP contribution < -0.4 is 0 Å². The number of hydrogen-bond donors (Lipinski definition) is 0. The molecule has 7 heteroatoms. The Labute approximate surface area is 166 Å². The van der Waals surface area contributed by atoms with E-state index in [9.17, 15) is 4.79 Å². The molecule has 1 saturated heterocycles. The molecule has 1 aromatic carbocycles. The normalized spacial score (nSPS) is 20.1. The first-order chi connectivity index (χ1) is 13.1. The Bertz CT molecular complexity index is 935. The van der Waals surface area contributed by atoms with E-state index in [1.165, 1.54) is 17.3 Å². The lowest BCUT2D eigenvalue weighted by molar-refractivity contribution is -0.140. The molecule has 5 nitrogen and oxygen atoms in total. The minimum absolute atomic E-state index is 0.0822. The van der Waals surface area contributed by atoms with Gasteiger partial charge in [-0.05, 0) is 25.5 Å². The van der Waals surface area contributed by atoms with Crippen LogP contribution in [0.1, 0.15) is 13.8 Å². The molecule has 3 heterocycles. The summed E-state index contributed by atoms with van der Waals surface area (Å²) in [5.74, 6) is 0.509. The Kier molecular flexibility index (Phi) is 5.43. The van der Waals surface area contributed by atoms with Crippen LogP contribution in [0.3, 0.4) is 0 Å². The van der Waals surface area contributed by atoms with Crippen molar-refractivity contribution in [2.75, 3.05) is 18.8 Å². The number of thioether (sulfide) groups is 1. The lowest BCUT2D eigenvalue weighted by atomic mass is 10.2. The summed E-state index contributed by atoms with van der Waals surface area (Å²) in [6.07, 6.45) is 1.75. The number of aromatic nitrogens is 2. The van der Waals surface area contributed by atoms with E-state index in [2.05, 4.69) is 28.2 Å². The van der Waals surface area contributed by atoms with Crippen molar-refractivity contribution in [1.82, 2.24) is 14.9 Å². The van der Waals surface area contributed by atoms with Gasteiger partial charge in [-0.15, -0.1) is 11.3 Å². The molecule has 1 aliphatic heterocycles. The van der Waals surface area contributed by atoms with Crippen molar-refractivity contribution in [1.29, 1.82) is 0 Å². The highest BCUT2D eigenvalue weighted by molar-refractivity contribution is 8.00. The molecule has 0 radical (unpaired) electrons. The number of fused-ring (bicyclic) bond motifs is 1. The molecule has 2 aromatic heterocycles. The molecule has 2 atom stereocenters. The van der Waals surface area contributed by atoms with Gasteiger partial charge in [0.1, 0.15) is 16.2 Å². The van der Waals surface area contributed by atoms with Crippen molar-refractivity contribution < 1.29 is 9.53 Å². The van der Waals surface area contributed by atoms with E-state index in [0.717, 1.165) is 20.1 Å². The van der Waals surface area contributed by atoms with Gasteiger partial charge in [-0.3, -0.25) is 4.79 Å². The summed E-state index contributed by atoms with van der Waals surface area (Å²) in [5.41, 5.74) is 1.17. The van der Waals surface area contributed by atoms with Gasteiger partial charge in [0.15, 0.2) is 0 Å². The zero-order valence-corrected chi connectivity index (χ0v) is 16.9. The fourth-order valence-electron chi connectivity index (χ4n) is 3.30. The summed E-state index contributed by atoms with van der Waals surface area (Å²) in [6, 6.07) is 12.4. The average Bonchev–Trinajstić information content (AvgIpc) is 3.11. The molecule has 0 aliphatic carbocycles. The number of hydrogen-bond acceptors (Lipinski definition) is 6. The minimum Gasteiger partial charge on any atom is -0.372 e. The molecule has 140 valence electrons. The number of carbonyl (C=O) groups is 1. The van der Waals surface area contributed by atoms with Crippen molar-refractivity contribution in [3.05, 3.63) is 42.7 Å². The van der Waals surface area contributed by atoms with Crippen molar-refractivity contribution in [2.24, 2.45) is 0 Å². The van der Waals surface area contributed by atoms with E-state index in [-0.39, 0.29) is 18.1 Å². The van der Waals surface area contributed by atoms with E-state index in [1.54, 1.807) is 17.7 Å². The zero-order valence-electron chi connectivity index (χ0n) is 15.3. The fourth-order valence-corrected chi connectivity index (χ4v) is 5.24. The Morgan fingerprint density at radius 3 is 2.70 bits per heavy atom. The van der Waals surface area contributed by atoms with E-state index in [0.29, 0.717) is 18.8 Å². The van der Waals surface area contributed by atoms with Crippen molar-refractivity contribution >= 4 is 39.2 Å². The van der Waals surface area contributed by atoms with Crippen LogP contribution in [0.2, 0.25) is 0 Å². The van der Waals surface area contributed by atoms with Gasteiger partial charge in [0, 0.05) is 23.4 Å². The number of morpholine rings is 1. The first-order valence-corrected chi connectivity index (χ1v) is 10.8. The third-order valence-corrected chi connectivity index (χ3v) is 6.54.